The first-order valence-corrected chi connectivity index (χ1v) is 12.7. The highest BCUT2D eigenvalue weighted by Crippen LogP contribution is 2.37. The third-order valence-electron chi connectivity index (χ3n) is 7.63. The molecule has 4 aromatic carbocycles. The Bertz CT molecular complexity index is 1370. The van der Waals surface area contributed by atoms with Crippen molar-refractivity contribution in [1.29, 1.82) is 0 Å². The molecule has 0 atom stereocenters. The van der Waals surface area contributed by atoms with E-state index in [2.05, 4.69) is 33.8 Å². The maximum atomic E-state index is 10.6. The molecule has 4 aromatic rings. The van der Waals surface area contributed by atoms with Crippen molar-refractivity contribution in [3.63, 3.8) is 0 Å². The number of aromatic hydroxyl groups is 4. The summed E-state index contributed by atoms with van der Waals surface area (Å²) >= 11 is 0. The molecule has 0 amide bonds. The lowest BCUT2D eigenvalue weighted by Gasteiger charge is -2.29. The molecule has 4 heteroatoms. The van der Waals surface area contributed by atoms with Gasteiger partial charge in [-0.15, -0.1) is 0 Å². The second kappa shape index (κ2) is 10.2. The van der Waals surface area contributed by atoms with Crippen LogP contribution in [0.3, 0.4) is 0 Å². The molecule has 0 saturated heterocycles. The Morgan fingerprint density at radius 2 is 0.973 bits per heavy atom. The maximum Gasteiger partial charge on any atom is 0.118 e. The molecule has 0 saturated carbocycles. The Balaban J connectivity index is 1.55. The van der Waals surface area contributed by atoms with Crippen molar-refractivity contribution in [2.45, 2.75) is 57.8 Å². The van der Waals surface area contributed by atoms with Crippen LogP contribution >= 0.6 is 0 Å². The first-order chi connectivity index (χ1) is 17.5. The Morgan fingerprint density at radius 3 is 1.57 bits per heavy atom. The summed E-state index contributed by atoms with van der Waals surface area (Å²) < 4.78 is 0. The van der Waals surface area contributed by atoms with Crippen molar-refractivity contribution in [2.75, 3.05) is 0 Å². The van der Waals surface area contributed by atoms with Crippen LogP contribution in [0.1, 0.15) is 67.5 Å². The van der Waals surface area contributed by atoms with Crippen molar-refractivity contribution < 1.29 is 20.4 Å². The van der Waals surface area contributed by atoms with Crippen LogP contribution in [0.5, 0.6) is 23.0 Å². The zero-order valence-electron chi connectivity index (χ0n) is 22.0. The Hall–Kier alpha value is -3.92. The van der Waals surface area contributed by atoms with Crippen molar-refractivity contribution in [1.82, 2.24) is 0 Å². The quantitative estimate of drug-likeness (QED) is 0.206. The van der Waals surface area contributed by atoms with E-state index in [0.29, 0.717) is 6.42 Å². The summed E-state index contributed by atoms with van der Waals surface area (Å²) in [6.07, 6.45) is 2.25. The minimum Gasteiger partial charge on any atom is -0.508 e. The van der Waals surface area contributed by atoms with E-state index < -0.39 is 0 Å². The van der Waals surface area contributed by atoms with Crippen LogP contribution in [0.25, 0.3) is 0 Å². The van der Waals surface area contributed by atoms with Gasteiger partial charge in [0.2, 0.25) is 0 Å². The molecule has 0 aromatic heterocycles. The molecule has 4 nitrogen and oxygen atoms in total. The predicted octanol–water partition coefficient (Wildman–Crippen LogP) is 7.34. The van der Waals surface area contributed by atoms with E-state index in [-0.39, 0.29) is 33.8 Å². The second-order valence-corrected chi connectivity index (χ2v) is 10.9. The molecule has 192 valence electrons. The van der Waals surface area contributed by atoms with Gasteiger partial charge in [0.1, 0.15) is 23.0 Å². The van der Waals surface area contributed by atoms with Crippen molar-refractivity contribution >= 4 is 0 Å². The van der Waals surface area contributed by atoms with Crippen LogP contribution < -0.4 is 0 Å². The molecular formula is C33H36O4. The molecule has 0 aliphatic rings. The highest BCUT2D eigenvalue weighted by atomic mass is 16.3. The van der Waals surface area contributed by atoms with Crippen LogP contribution in [-0.4, -0.2) is 20.4 Å². The zero-order chi connectivity index (χ0) is 26.8. The van der Waals surface area contributed by atoms with Gasteiger partial charge in [-0.25, -0.2) is 0 Å². The van der Waals surface area contributed by atoms with Crippen LogP contribution in [0.2, 0.25) is 0 Å². The van der Waals surface area contributed by atoms with E-state index in [1.165, 1.54) is 0 Å². The van der Waals surface area contributed by atoms with E-state index in [1.807, 2.05) is 42.5 Å². The highest BCUT2D eigenvalue weighted by Gasteiger charge is 2.27. The molecule has 0 heterocycles. The fraction of sp³-hybridized carbons (Fsp3) is 0.273. The molecule has 4 N–H and O–H groups in total. The number of aryl methyl sites for hydroxylation is 2. The second-order valence-electron chi connectivity index (χ2n) is 10.9. The summed E-state index contributed by atoms with van der Waals surface area (Å²) in [6, 6.07) is 25.9. The predicted molar refractivity (Wildman–Crippen MR) is 149 cm³/mol. The molecule has 0 spiro atoms. The van der Waals surface area contributed by atoms with Gasteiger partial charge < -0.3 is 20.4 Å². The van der Waals surface area contributed by atoms with Crippen LogP contribution in [0, 0.1) is 0 Å². The number of rotatable bonds is 8. The third kappa shape index (κ3) is 5.59. The number of hydrogen-bond acceptors (Lipinski definition) is 4. The first kappa shape index (κ1) is 26.2. The summed E-state index contributed by atoms with van der Waals surface area (Å²) in [5, 5.41) is 40.2. The monoisotopic (exact) mass is 496 g/mol. The number of hydrogen-bond donors (Lipinski definition) is 4. The van der Waals surface area contributed by atoms with Crippen LogP contribution in [0.15, 0.2) is 84.9 Å². The lowest BCUT2D eigenvalue weighted by Crippen LogP contribution is -2.21. The van der Waals surface area contributed by atoms with Gasteiger partial charge in [0, 0.05) is 10.8 Å². The summed E-state index contributed by atoms with van der Waals surface area (Å²) in [4.78, 5) is 0. The van der Waals surface area contributed by atoms with E-state index >= 15 is 0 Å². The Kier molecular flexibility index (Phi) is 7.22. The van der Waals surface area contributed by atoms with Gasteiger partial charge in [0.15, 0.2) is 0 Å². The van der Waals surface area contributed by atoms with Crippen LogP contribution in [-0.2, 0) is 23.7 Å². The van der Waals surface area contributed by atoms with E-state index in [1.54, 1.807) is 36.4 Å². The zero-order valence-corrected chi connectivity index (χ0v) is 22.0. The molecule has 0 aliphatic carbocycles. The Morgan fingerprint density at radius 1 is 0.486 bits per heavy atom. The topological polar surface area (TPSA) is 80.9 Å². The largest absolute Gasteiger partial charge is 0.508 e. The average molecular weight is 497 g/mol. The van der Waals surface area contributed by atoms with E-state index in [9.17, 15) is 20.4 Å². The van der Waals surface area contributed by atoms with Gasteiger partial charge in [-0.1, -0.05) is 70.2 Å². The minimum atomic E-state index is -0.313. The van der Waals surface area contributed by atoms with Gasteiger partial charge in [0.25, 0.3) is 0 Å². The van der Waals surface area contributed by atoms with E-state index in [0.717, 1.165) is 46.2 Å². The lowest BCUT2D eigenvalue weighted by molar-refractivity contribution is 0.465. The first-order valence-electron chi connectivity index (χ1n) is 12.7. The average Bonchev–Trinajstić information content (AvgIpc) is 2.85. The third-order valence-corrected chi connectivity index (χ3v) is 7.63. The van der Waals surface area contributed by atoms with E-state index in [4.69, 9.17) is 0 Å². The maximum absolute atomic E-state index is 10.6. The molecule has 0 bridgehead atoms. The van der Waals surface area contributed by atoms with Crippen molar-refractivity contribution in [2.24, 2.45) is 0 Å². The van der Waals surface area contributed by atoms with Gasteiger partial charge in [-0.2, -0.15) is 0 Å². The molecule has 0 aliphatic heterocycles. The van der Waals surface area contributed by atoms with Gasteiger partial charge in [-0.3, -0.25) is 0 Å². The fourth-order valence-electron chi connectivity index (χ4n) is 5.12. The minimum absolute atomic E-state index is 0.237. The van der Waals surface area contributed by atoms with Gasteiger partial charge in [0.05, 0.1) is 0 Å². The molecule has 37 heavy (non-hydrogen) atoms. The fourth-order valence-corrected chi connectivity index (χ4v) is 5.12. The number of phenolic OH excluding ortho intramolecular Hbond substituents is 4. The van der Waals surface area contributed by atoms with Crippen LogP contribution in [0.4, 0.5) is 0 Å². The number of phenols is 4. The molecule has 0 radical (unpaired) electrons. The van der Waals surface area contributed by atoms with Gasteiger partial charge in [-0.05, 0) is 95.1 Å². The molecular weight excluding hydrogens is 460 g/mol. The van der Waals surface area contributed by atoms with Crippen molar-refractivity contribution in [3.05, 3.63) is 118 Å². The SMILES string of the molecule is CC(C)(c1ccc(O)cc1)c1ccc(O)c(CCCc2cc(O)ccc2C(C)(C)c2ccc(O)cc2)c1. The summed E-state index contributed by atoms with van der Waals surface area (Å²) in [7, 11) is 0. The molecule has 0 unspecified atom stereocenters. The highest BCUT2D eigenvalue weighted by molar-refractivity contribution is 5.47. The number of benzene rings is 4. The molecule has 4 rings (SSSR count). The lowest BCUT2D eigenvalue weighted by atomic mass is 9.75. The summed E-state index contributed by atoms with van der Waals surface area (Å²) in [5.41, 5.74) is 5.75. The smallest absolute Gasteiger partial charge is 0.118 e. The van der Waals surface area contributed by atoms with Gasteiger partial charge >= 0.3 is 0 Å². The normalized spacial score (nSPS) is 12.0. The standard InChI is InChI=1S/C33H36O4/c1-32(2,24-8-13-27(34)14-9-24)26-12-19-31(37)23(20-26)7-5-6-22-21-29(36)17-18-30(22)33(3,4)25-10-15-28(35)16-11-25/h8-21,34-37H,5-7H2,1-4H3. The Labute approximate surface area is 219 Å². The molecule has 0 fully saturated rings. The summed E-state index contributed by atoms with van der Waals surface area (Å²) in [5.74, 6) is 0.999. The summed E-state index contributed by atoms with van der Waals surface area (Å²) in [6.45, 7) is 8.58. The van der Waals surface area contributed by atoms with Crippen molar-refractivity contribution in [3.8, 4) is 23.0 Å².